The molecule has 0 aromatic carbocycles. The first-order valence-electron chi connectivity index (χ1n) is 6.83. The highest BCUT2D eigenvalue weighted by molar-refractivity contribution is 5.93. The van der Waals surface area contributed by atoms with Gasteiger partial charge in [-0.05, 0) is 31.9 Å². The molecule has 0 saturated carbocycles. The lowest BCUT2D eigenvalue weighted by atomic mass is 10.3. The zero-order valence-electron chi connectivity index (χ0n) is 11.7. The molecule has 106 valence electrons. The van der Waals surface area contributed by atoms with E-state index in [1.165, 1.54) is 0 Å². The lowest BCUT2D eigenvalue weighted by molar-refractivity contribution is 0.0951. The van der Waals surface area contributed by atoms with Crippen LogP contribution in [0.5, 0.6) is 0 Å². The highest BCUT2D eigenvalue weighted by Crippen LogP contribution is 2.07. The van der Waals surface area contributed by atoms with Crippen LogP contribution in [-0.4, -0.2) is 37.2 Å². The van der Waals surface area contributed by atoms with Crippen LogP contribution in [0.2, 0.25) is 0 Å². The van der Waals surface area contributed by atoms with Gasteiger partial charge in [0, 0.05) is 38.2 Å². The minimum Gasteiger partial charge on any atom is -0.385 e. The van der Waals surface area contributed by atoms with Crippen LogP contribution in [0.25, 0.3) is 0 Å². The summed E-state index contributed by atoms with van der Waals surface area (Å²) in [5.41, 5.74) is 1.35. The molecule has 0 aliphatic carbocycles. The lowest BCUT2D eigenvalue weighted by Crippen LogP contribution is -2.23. The van der Waals surface area contributed by atoms with Crippen molar-refractivity contribution in [3.8, 4) is 0 Å². The first kappa shape index (κ1) is 15.4. The second kappa shape index (κ2) is 9.33. The molecule has 1 aromatic heterocycles. The molecule has 0 saturated heterocycles. The van der Waals surface area contributed by atoms with Gasteiger partial charge >= 0.3 is 0 Å². The number of aromatic nitrogens is 1. The minimum atomic E-state index is -0.141. The molecule has 0 unspecified atom stereocenters. The molecule has 5 nitrogen and oxygen atoms in total. The Labute approximate surface area is 114 Å². The fourth-order valence-corrected chi connectivity index (χ4v) is 1.57. The van der Waals surface area contributed by atoms with Crippen molar-refractivity contribution in [3.05, 3.63) is 24.0 Å². The Morgan fingerprint density at radius 1 is 1.37 bits per heavy atom. The Morgan fingerprint density at radius 2 is 2.21 bits per heavy atom. The number of hydrogen-bond acceptors (Lipinski definition) is 4. The van der Waals surface area contributed by atoms with Gasteiger partial charge in [0.15, 0.2) is 0 Å². The van der Waals surface area contributed by atoms with Gasteiger partial charge in [0.2, 0.25) is 0 Å². The fourth-order valence-electron chi connectivity index (χ4n) is 1.57. The standard InChI is InChI=1S/C14H23N3O2/c1-3-9-19-10-5-7-16-12-6-8-17-13(11-12)14(18)15-4-2/h6,8,11H,3-5,7,9-10H2,1-2H3,(H,15,18)(H,16,17). The van der Waals surface area contributed by atoms with Crippen molar-refractivity contribution in [1.82, 2.24) is 10.3 Å². The van der Waals surface area contributed by atoms with Crippen molar-refractivity contribution in [2.75, 3.05) is 31.6 Å². The Kier molecular flexibility index (Phi) is 7.58. The molecule has 0 aliphatic heterocycles. The molecule has 1 amide bonds. The number of amides is 1. The van der Waals surface area contributed by atoms with Crippen molar-refractivity contribution in [2.45, 2.75) is 26.7 Å². The van der Waals surface area contributed by atoms with Crippen LogP contribution in [0.3, 0.4) is 0 Å². The SMILES string of the molecule is CCCOCCCNc1ccnc(C(=O)NCC)c1. The van der Waals surface area contributed by atoms with Gasteiger partial charge in [-0.3, -0.25) is 9.78 Å². The molecule has 19 heavy (non-hydrogen) atoms. The average Bonchev–Trinajstić information content (AvgIpc) is 2.43. The van der Waals surface area contributed by atoms with E-state index in [0.29, 0.717) is 12.2 Å². The van der Waals surface area contributed by atoms with Gasteiger partial charge in [-0.15, -0.1) is 0 Å². The first-order chi connectivity index (χ1) is 9.27. The summed E-state index contributed by atoms with van der Waals surface area (Å²) >= 11 is 0. The molecule has 0 bridgehead atoms. The molecule has 1 rings (SSSR count). The van der Waals surface area contributed by atoms with E-state index in [-0.39, 0.29) is 5.91 Å². The summed E-state index contributed by atoms with van der Waals surface area (Å²) < 4.78 is 5.40. The maximum absolute atomic E-state index is 11.6. The lowest BCUT2D eigenvalue weighted by Gasteiger charge is -2.08. The van der Waals surface area contributed by atoms with Crippen LogP contribution < -0.4 is 10.6 Å². The first-order valence-corrected chi connectivity index (χ1v) is 6.83. The second-order valence-electron chi connectivity index (χ2n) is 4.18. The third-order valence-electron chi connectivity index (χ3n) is 2.47. The van der Waals surface area contributed by atoms with Crippen molar-refractivity contribution >= 4 is 11.6 Å². The number of carbonyl (C=O) groups is 1. The van der Waals surface area contributed by atoms with Crippen molar-refractivity contribution in [1.29, 1.82) is 0 Å². The van der Waals surface area contributed by atoms with Gasteiger partial charge in [-0.2, -0.15) is 0 Å². The van der Waals surface area contributed by atoms with Crippen LogP contribution in [0, 0.1) is 0 Å². The molecule has 0 atom stereocenters. The van der Waals surface area contributed by atoms with Gasteiger partial charge in [0.1, 0.15) is 5.69 Å². The molecule has 0 radical (unpaired) electrons. The number of ether oxygens (including phenoxy) is 1. The van der Waals surface area contributed by atoms with E-state index in [1.807, 2.05) is 13.0 Å². The van der Waals surface area contributed by atoms with Gasteiger partial charge in [0.05, 0.1) is 0 Å². The Bertz CT molecular complexity index is 383. The molecule has 0 fully saturated rings. The Morgan fingerprint density at radius 3 is 2.95 bits per heavy atom. The topological polar surface area (TPSA) is 63.2 Å². The number of nitrogens with zero attached hydrogens (tertiary/aromatic N) is 1. The Hall–Kier alpha value is -1.62. The number of carbonyl (C=O) groups excluding carboxylic acids is 1. The van der Waals surface area contributed by atoms with E-state index in [2.05, 4.69) is 22.5 Å². The highest BCUT2D eigenvalue weighted by Gasteiger charge is 2.05. The predicted octanol–water partition coefficient (Wildman–Crippen LogP) is 2.06. The van der Waals surface area contributed by atoms with Crippen molar-refractivity contribution in [2.24, 2.45) is 0 Å². The summed E-state index contributed by atoms with van der Waals surface area (Å²) in [5, 5.41) is 5.99. The molecule has 1 aromatic rings. The quantitative estimate of drug-likeness (QED) is 0.671. The summed E-state index contributed by atoms with van der Waals surface area (Å²) in [6.45, 7) is 6.98. The van der Waals surface area contributed by atoms with E-state index < -0.39 is 0 Å². The highest BCUT2D eigenvalue weighted by atomic mass is 16.5. The van der Waals surface area contributed by atoms with Crippen LogP contribution in [0.4, 0.5) is 5.69 Å². The summed E-state index contributed by atoms with van der Waals surface area (Å²) in [6, 6.07) is 3.62. The third kappa shape index (κ3) is 6.20. The van der Waals surface area contributed by atoms with Crippen LogP contribution in [0.15, 0.2) is 18.3 Å². The number of anilines is 1. The predicted molar refractivity (Wildman–Crippen MR) is 76.5 cm³/mol. The summed E-state index contributed by atoms with van der Waals surface area (Å²) in [5.74, 6) is -0.141. The number of hydrogen-bond donors (Lipinski definition) is 2. The Balaban J connectivity index is 2.34. The van der Waals surface area contributed by atoms with Crippen LogP contribution in [0.1, 0.15) is 37.2 Å². The molecule has 1 heterocycles. The largest absolute Gasteiger partial charge is 0.385 e. The minimum absolute atomic E-state index is 0.141. The number of rotatable bonds is 9. The monoisotopic (exact) mass is 265 g/mol. The molecule has 5 heteroatoms. The maximum atomic E-state index is 11.6. The molecular formula is C14H23N3O2. The molecule has 0 spiro atoms. The normalized spacial score (nSPS) is 10.2. The summed E-state index contributed by atoms with van der Waals surface area (Å²) in [6.07, 6.45) is 3.63. The van der Waals surface area contributed by atoms with E-state index in [1.54, 1.807) is 12.3 Å². The van der Waals surface area contributed by atoms with Crippen molar-refractivity contribution in [3.63, 3.8) is 0 Å². The summed E-state index contributed by atoms with van der Waals surface area (Å²) in [7, 11) is 0. The van der Waals surface area contributed by atoms with Crippen LogP contribution in [-0.2, 0) is 4.74 Å². The van der Waals surface area contributed by atoms with E-state index in [4.69, 9.17) is 4.74 Å². The maximum Gasteiger partial charge on any atom is 0.269 e. The van der Waals surface area contributed by atoms with E-state index in [0.717, 1.165) is 38.3 Å². The van der Waals surface area contributed by atoms with Gasteiger partial charge < -0.3 is 15.4 Å². The van der Waals surface area contributed by atoms with Gasteiger partial charge in [0.25, 0.3) is 5.91 Å². The zero-order chi connectivity index (χ0) is 13.9. The third-order valence-corrected chi connectivity index (χ3v) is 2.47. The number of pyridine rings is 1. The fraction of sp³-hybridized carbons (Fsp3) is 0.571. The van der Waals surface area contributed by atoms with E-state index >= 15 is 0 Å². The van der Waals surface area contributed by atoms with Crippen molar-refractivity contribution < 1.29 is 9.53 Å². The van der Waals surface area contributed by atoms with Gasteiger partial charge in [-0.25, -0.2) is 0 Å². The molecule has 0 aliphatic rings. The average molecular weight is 265 g/mol. The molecule has 2 N–H and O–H groups in total. The van der Waals surface area contributed by atoms with Crippen LogP contribution >= 0.6 is 0 Å². The number of nitrogens with one attached hydrogen (secondary N) is 2. The second-order valence-corrected chi connectivity index (χ2v) is 4.18. The molecular weight excluding hydrogens is 242 g/mol. The van der Waals surface area contributed by atoms with E-state index in [9.17, 15) is 4.79 Å². The zero-order valence-corrected chi connectivity index (χ0v) is 11.7. The summed E-state index contributed by atoms with van der Waals surface area (Å²) in [4.78, 5) is 15.7. The van der Waals surface area contributed by atoms with Gasteiger partial charge in [-0.1, -0.05) is 6.92 Å². The smallest absolute Gasteiger partial charge is 0.269 e.